The van der Waals surface area contributed by atoms with Gasteiger partial charge in [-0.25, -0.2) is 4.79 Å². The molecule has 1 fully saturated rings. The molecule has 134 valence electrons. The van der Waals surface area contributed by atoms with E-state index in [4.69, 9.17) is 4.74 Å². The second kappa shape index (κ2) is 10.4. The van der Waals surface area contributed by atoms with Gasteiger partial charge in [-0.2, -0.15) is 0 Å². The van der Waals surface area contributed by atoms with Crippen molar-refractivity contribution in [3.63, 3.8) is 0 Å². The van der Waals surface area contributed by atoms with Gasteiger partial charge in [0.1, 0.15) is 0 Å². The van der Waals surface area contributed by atoms with Gasteiger partial charge in [-0.05, 0) is 30.7 Å². The number of nitrogens with zero attached hydrogens (tertiary/aromatic N) is 1. The van der Waals surface area contributed by atoms with Crippen molar-refractivity contribution in [1.82, 2.24) is 15.5 Å². The Morgan fingerprint density at radius 1 is 1.46 bits per heavy atom. The van der Waals surface area contributed by atoms with Crippen LogP contribution in [0.2, 0.25) is 0 Å². The summed E-state index contributed by atoms with van der Waals surface area (Å²) in [4.78, 5) is 27.1. The number of carbonyl (C=O) groups is 2. The molecule has 1 aromatic heterocycles. The first-order chi connectivity index (χ1) is 11.7. The Morgan fingerprint density at radius 2 is 2.33 bits per heavy atom. The summed E-state index contributed by atoms with van der Waals surface area (Å²) in [7, 11) is 0. The van der Waals surface area contributed by atoms with Crippen molar-refractivity contribution in [3.05, 3.63) is 22.4 Å². The lowest BCUT2D eigenvalue weighted by Gasteiger charge is -2.24. The monoisotopic (exact) mass is 353 g/mol. The number of amides is 3. The molecular formula is C17H27N3O3S. The Kier molecular flexibility index (Phi) is 8.21. The van der Waals surface area contributed by atoms with Gasteiger partial charge in [0.15, 0.2) is 0 Å². The average Bonchev–Trinajstić information content (AvgIpc) is 3.21. The third-order valence-corrected chi connectivity index (χ3v) is 4.74. The fraction of sp³-hybridized carbons (Fsp3) is 0.647. The molecule has 0 unspecified atom stereocenters. The van der Waals surface area contributed by atoms with Gasteiger partial charge in [-0.3, -0.25) is 15.0 Å². The first-order valence-corrected chi connectivity index (χ1v) is 9.49. The van der Waals surface area contributed by atoms with E-state index in [1.54, 1.807) is 11.3 Å². The molecule has 6 nitrogen and oxygen atoms in total. The lowest BCUT2D eigenvalue weighted by molar-refractivity contribution is -0.121. The van der Waals surface area contributed by atoms with Crippen molar-refractivity contribution in [1.29, 1.82) is 0 Å². The van der Waals surface area contributed by atoms with Gasteiger partial charge in [-0.1, -0.05) is 19.4 Å². The zero-order chi connectivity index (χ0) is 17.2. The van der Waals surface area contributed by atoms with E-state index in [9.17, 15) is 9.59 Å². The smallest absolute Gasteiger partial charge is 0.321 e. The molecule has 1 aliphatic heterocycles. The Hall–Kier alpha value is -1.44. The molecule has 0 spiro atoms. The van der Waals surface area contributed by atoms with Crippen LogP contribution < -0.4 is 10.6 Å². The molecule has 2 heterocycles. The number of hydrogen-bond acceptors (Lipinski definition) is 5. The Bertz CT molecular complexity index is 501. The highest BCUT2D eigenvalue weighted by Crippen LogP contribution is 2.16. The average molecular weight is 353 g/mol. The molecule has 1 aliphatic rings. The predicted molar refractivity (Wildman–Crippen MR) is 95.0 cm³/mol. The summed E-state index contributed by atoms with van der Waals surface area (Å²) < 4.78 is 5.68. The molecule has 3 amide bonds. The molecule has 7 heteroatoms. The molecule has 0 aromatic carbocycles. The standard InChI is InChI=1S/C17H27N3O3S/c1-2-3-8-18-17(22)19-16(21)13-20(11-14-6-4-9-23-14)12-15-7-5-10-24-15/h5,7,10,14H,2-4,6,8-9,11-13H2,1H3,(H2,18,19,21,22)/t14-/m1/s1. The quantitative estimate of drug-likeness (QED) is 0.669. The number of thiophene rings is 1. The van der Waals surface area contributed by atoms with E-state index in [1.165, 1.54) is 4.88 Å². The van der Waals surface area contributed by atoms with Crippen LogP contribution in [0.5, 0.6) is 0 Å². The van der Waals surface area contributed by atoms with Gasteiger partial charge >= 0.3 is 6.03 Å². The topological polar surface area (TPSA) is 70.7 Å². The summed E-state index contributed by atoms with van der Waals surface area (Å²) in [5, 5.41) is 7.13. The van der Waals surface area contributed by atoms with E-state index >= 15 is 0 Å². The van der Waals surface area contributed by atoms with Crippen molar-refractivity contribution < 1.29 is 14.3 Å². The number of carbonyl (C=O) groups excluding carboxylic acids is 2. The van der Waals surface area contributed by atoms with Crippen LogP contribution >= 0.6 is 11.3 Å². The zero-order valence-corrected chi connectivity index (χ0v) is 15.1. The zero-order valence-electron chi connectivity index (χ0n) is 14.3. The minimum Gasteiger partial charge on any atom is -0.377 e. The van der Waals surface area contributed by atoms with Gasteiger partial charge in [0.2, 0.25) is 5.91 Å². The third kappa shape index (κ3) is 6.98. The van der Waals surface area contributed by atoms with Gasteiger partial charge in [0.05, 0.1) is 12.6 Å². The highest BCUT2D eigenvalue weighted by atomic mass is 32.1. The van der Waals surface area contributed by atoms with Crippen LogP contribution in [0.25, 0.3) is 0 Å². The Morgan fingerprint density at radius 3 is 3.00 bits per heavy atom. The van der Waals surface area contributed by atoms with E-state index in [0.29, 0.717) is 19.6 Å². The predicted octanol–water partition coefficient (Wildman–Crippen LogP) is 2.36. The van der Waals surface area contributed by atoms with E-state index in [2.05, 4.69) is 28.5 Å². The maximum Gasteiger partial charge on any atom is 0.321 e. The normalized spacial score (nSPS) is 17.2. The van der Waals surface area contributed by atoms with Crippen molar-refractivity contribution in [2.75, 3.05) is 26.2 Å². The highest BCUT2D eigenvalue weighted by molar-refractivity contribution is 7.09. The van der Waals surface area contributed by atoms with E-state index in [-0.39, 0.29) is 18.6 Å². The van der Waals surface area contributed by atoms with E-state index in [1.807, 2.05) is 11.4 Å². The molecular weight excluding hydrogens is 326 g/mol. The van der Waals surface area contributed by atoms with Crippen molar-refractivity contribution >= 4 is 23.3 Å². The second-order valence-corrected chi connectivity index (χ2v) is 7.07. The first kappa shape index (κ1) is 18.9. The summed E-state index contributed by atoms with van der Waals surface area (Å²) in [6.07, 6.45) is 4.19. The molecule has 0 saturated carbocycles. The van der Waals surface area contributed by atoms with Crippen LogP contribution in [-0.2, 0) is 16.1 Å². The molecule has 2 N–H and O–H groups in total. The number of unbranched alkanes of at least 4 members (excludes halogenated alkanes) is 1. The number of rotatable bonds is 9. The highest BCUT2D eigenvalue weighted by Gasteiger charge is 2.21. The van der Waals surface area contributed by atoms with Gasteiger partial charge < -0.3 is 10.1 Å². The summed E-state index contributed by atoms with van der Waals surface area (Å²) in [5.74, 6) is -0.279. The van der Waals surface area contributed by atoms with Crippen LogP contribution in [0.4, 0.5) is 4.79 Å². The van der Waals surface area contributed by atoms with Crippen LogP contribution in [0.15, 0.2) is 17.5 Å². The molecule has 24 heavy (non-hydrogen) atoms. The molecule has 1 atom stereocenters. The molecule has 2 rings (SSSR count). The van der Waals surface area contributed by atoms with Crippen molar-refractivity contribution in [2.45, 2.75) is 45.3 Å². The Labute approximate surface area is 147 Å². The molecule has 1 saturated heterocycles. The number of ether oxygens (including phenoxy) is 1. The van der Waals surface area contributed by atoms with Crippen LogP contribution in [0, 0.1) is 0 Å². The summed E-state index contributed by atoms with van der Waals surface area (Å²) in [6.45, 7) is 5.04. The minimum absolute atomic E-state index is 0.177. The van der Waals surface area contributed by atoms with E-state index < -0.39 is 6.03 Å². The number of hydrogen-bond donors (Lipinski definition) is 2. The number of imide groups is 1. The molecule has 1 aromatic rings. The molecule has 0 aliphatic carbocycles. The van der Waals surface area contributed by atoms with E-state index in [0.717, 1.165) is 32.3 Å². The van der Waals surface area contributed by atoms with Crippen LogP contribution in [0.3, 0.4) is 0 Å². The number of urea groups is 1. The van der Waals surface area contributed by atoms with Crippen LogP contribution in [0.1, 0.15) is 37.5 Å². The minimum atomic E-state index is -0.415. The maximum atomic E-state index is 12.1. The summed E-state index contributed by atoms with van der Waals surface area (Å²) in [5.41, 5.74) is 0. The summed E-state index contributed by atoms with van der Waals surface area (Å²) in [6, 6.07) is 3.65. The largest absolute Gasteiger partial charge is 0.377 e. The first-order valence-electron chi connectivity index (χ1n) is 8.61. The van der Waals surface area contributed by atoms with Gasteiger partial charge in [-0.15, -0.1) is 11.3 Å². The maximum absolute atomic E-state index is 12.1. The summed E-state index contributed by atoms with van der Waals surface area (Å²) >= 11 is 1.67. The Balaban J connectivity index is 1.81. The van der Waals surface area contributed by atoms with Crippen LogP contribution in [-0.4, -0.2) is 49.2 Å². The SMILES string of the molecule is CCCCNC(=O)NC(=O)CN(Cc1cccs1)C[C@H]1CCCO1. The third-order valence-electron chi connectivity index (χ3n) is 3.88. The lowest BCUT2D eigenvalue weighted by atomic mass is 10.2. The molecule has 0 radical (unpaired) electrons. The van der Waals surface area contributed by atoms with Gasteiger partial charge in [0, 0.05) is 31.1 Å². The fourth-order valence-corrected chi connectivity index (χ4v) is 3.42. The van der Waals surface area contributed by atoms with Gasteiger partial charge in [0.25, 0.3) is 0 Å². The number of nitrogens with one attached hydrogen (secondary N) is 2. The molecule has 0 bridgehead atoms. The second-order valence-electron chi connectivity index (χ2n) is 6.04. The van der Waals surface area contributed by atoms with Crippen molar-refractivity contribution in [3.8, 4) is 0 Å². The lowest BCUT2D eigenvalue weighted by Crippen LogP contribution is -2.45. The fourth-order valence-electron chi connectivity index (χ4n) is 2.68. The van der Waals surface area contributed by atoms with Crippen molar-refractivity contribution in [2.24, 2.45) is 0 Å².